The van der Waals surface area contributed by atoms with Gasteiger partial charge in [0.25, 0.3) is 5.91 Å². The SMILES string of the molecule is CC1(C)OC(=O)C2C(=O)N=CC=C21. The Balaban J connectivity index is 2.51. The van der Waals surface area contributed by atoms with Gasteiger partial charge in [-0.2, -0.15) is 0 Å². The molecule has 0 aromatic carbocycles. The lowest BCUT2D eigenvalue weighted by molar-refractivity contribution is -0.149. The Morgan fingerprint density at radius 2 is 2.15 bits per heavy atom. The van der Waals surface area contributed by atoms with Crippen molar-refractivity contribution in [3.63, 3.8) is 0 Å². The van der Waals surface area contributed by atoms with E-state index in [1.54, 1.807) is 19.9 Å². The molecule has 0 spiro atoms. The number of ether oxygens (including phenoxy) is 1. The van der Waals surface area contributed by atoms with E-state index >= 15 is 0 Å². The number of allylic oxidation sites excluding steroid dienone is 1. The van der Waals surface area contributed by atoms with Crippen LogP contribution >= 0.6 is 0 Å². The van der Waals surface area contributed by atoms with E-state index in [1.807, 2.05) is 0 Å². The van der Waals surface area contributed by atoms with Gasteiger partial charge in [-0.25, -0.2) is 4.99 Å². The highest BCUT2D eigenvalue weighted by Crippen LogP contribution is 2.37. The number of amides is 1. The van der Waals surface area contributed by atoms with Crippen molar-refractivity contribution in [3.8, 4) is 0 Å². The fraction of sp³-hybridized carbons (Fsp3) is 0.444. The molecule has 1 atom stereocenters. The summed E-state index contributed by atoms with van der Waals surface area (Å²) in [7, 11) is 0. The molecule has 2 rings (SSSR count). The Morgan fingerprint density at radius 1 is 1.46 bits per heavy atom. The first-order chi connectivity index (χ1) is 6.02. The van der Waals surface area contributed by atoms with Crippen molar-refractivity contribution in [1.82, 2.24) is 0 Å². The molecule has 2 aliphatic rings. The molecule has 2 aliphatic heterocycles. The van der Waals surface area contributed by atoms with Crippen LogP contribution in [0.3, 0.4) is 0 Å². The molecule has 0 saturated carbocycles. The molecule has 2 heterocycles. The molecule has 13 heavy (non-hydrogen) atoms. The maximum atomic E-state index is 11.3. The smallest absolute Gasteiger partial charge is 0.323 e. The third-order valence-corrected chi connectivity index (χ3v) is 2.30. The molecule has 0 aliphatic carbocycles. The highest BCUT2D eigenvalue weighted by Gasteiger charge is 2.49. The molecule has 0 radical (unpaired) electrons. The summed E-state index contributed by atoms with van der Waals surface area (Å²) in [6, 6.07) is 0. The number of carbonyl (C=O) groups is 2. The van der Waals surface area contributed by atoms with Crippen LogP contribution < -0.4 is 0 Å². The lowest BCUT2D eigenvalue weighted by Gasteiger charge is -2.19. The van der Waals surface area contributed by atoms with Crippen LogP contribution in [-0.4, -0.2) is 23.7 Å². The monoisotopic (exact) mass is 179 g/mol. The zero-order valence-electron chi connectivity index (χ0n) is 7.40. The van der Waals surface area contributed by atoms with Gasteiger partial charge in [0.05, 0.1) is 0 Å². The number of rotatable bonds is 0. The quantitative estimate of drug-likeness (QED) is 0.401. The van der Waals surface area contributed by atoms with Gasteiger partial charge < -0.3 is 4.74 Å². The van der Waals surface area contributed by atoms with E-state index in [0.717, 1.165) is 0 Å². The second-order valence-electron chi connectivity index (χ2n) is 3.60. The Labute approximate surface area is 75.3 Å². The summed E-state index contributed by atoms with van der Waals surface area (Å²) in [6.45, 7) is 3.53. The second-order valence-corrected chi connectivity index (χ2v) is 3.60. The Hall–Kier alpha value is -1.45. The van der Waals surface area contributed by atoms with Crippen LogP contribution in [0.2, 0.25) is 0 Å². The molecule has 4 nitrogen and oxygen atoms in total. The highest BCUT2D eigenvalue weighted by molar-refractivity contribution is 6.09. The number of fused-ring (bicyclic) bond motifs is 1. The number of hydrogen-bond donors (Lipinski definition) is 0. The van der Waals surface area contributed by atoms with E-state index in [9.17, 15) is 9.59 Å². The summed E-state index contributed by atoms with van der Waals surface area (Å²) in [6.07, 6.45) is 3.09. The maximum Gasteiger partial charge on any atom is 0.323 e. The summed E-state index contributed by atoms with van der Waals surface area (Å²) < 4.78 is 5.06. The topological polar surface area (TPSA) is 55.7 Å². The summed E-state index contributed by atoms with van der Waals surface area (Å²) in [5.74, 6) is -1.70. The van der Waals surface area contributed by atoms with E-state index in [4.69, 9.17) is 4.74 Å². The molecule has 68 valence electrons. The standard InChI is InChI=1S/C9H9NO3/c1-9(2)5-3-4-10-7(11)6(5)8(12)13-9/h3-4,6H,1-2H3. The minimum atomic E-state index is -0.792. The zero-order chi connectivity index (χ0) is 9.64. The summed E-state index contributed by atoms with van der Waals surface area (Å²) in [5, 5.41) is 0. The summed E-state index contributed by atoms with van der Waals surface area (Å²) >= 11 is 0. The van der Waals surface area contributed by atoms with Gasteiger partial charge >= 0.3 is 5.97 Å². The van der Waals surface area contributed by atoms with Gasteiger partial charge in [-0.15, -0.1) is 0 Å². The Morgan fingerprint density at radius 3 is 2.77 bits per heavy atom. The molecule has 0 aromatic rings. The van der Waals surface area contributed by atoms with Gasteiger partial charge in [-0.1, -0.05) is 0 Å². The van der Waals surface area contributed by atoms with Gasteiger partial charge in [0, 0.05) is 6.21 Å². The van der Waals surface area contributed by atoms with Gasteiger partial charge in [0.1, 0.15) is 5.60 Å². The van der Waals surface area contributed by atoms with E-state index in [2.05, 4.69) is 4.99 Å². The van der Waals surface area contributed by atoms with E-state index in [0.29, 0.717) is 5.57 Å². The Bertz CT molecular complexity index is 352. The van der Waals surface area contributed by atoms with Crippen molar-refractivity contribution >= 4 is 18.1 Å². The number of carbonyl (C=O) groups excluding carboxylic acids is 2. The van der Waals surface area contributed by atoms with Crippen molar-refractivity contribution < 1.29 is 14.3 Å². The summed E-state index contributed by atoms with van der Waals surface area (Å²) in [5.41, 5.74) is 0.0432. The molecule has 0 aromatic heterocycles. The van der Waals surface area contributed by atoms with Crippen LogP contribution in [0, 0.1) is 5.92 Å². The van der Waals surface area contributed by atoms with Crippen molar-refractivity contribution in [2.75, 3.05) is 0 Å². The van der Waals surface area contributed by atoms with E-state index in [-0.39, 0.29) is 0 Å². The molecule has 4 heteroatoms. The molecular weight excluding hydrogens is 170 g/mol. The number of aliphatic imine (C=N–C) groups is 1. The largest absolute Gasteiger partial charge is 0.454 e. The Kier molecular flexibility index (Phi) is 1.43. The van der Waals surface area contributed by atoms with E-state index < -0.39 is 23.4 Å². The van der Waals surface area contributed by atoms with Gasteiger partial charge in [0.15, 0.2) is 5.92 Å². The number of esters is 1. The van der Waals surface area contributed by atoms with Crippen LogP contribution in [0.15, 0.2) is 16.6 Å². The number of nitrogens with zero attached hydrogens (tertiary/aromatic N) is 1. The van der Waals surface area contributed by atoms with Crippen molar-refractivity contribution in [2.24, 2.45) is 10.9 Å². The minimum absolute atomic E-state index is 0.423. The maximum absolute atomic E-state index is 11.3. The lowest BCUT2D eigenvalue weighted by atomic mass is 9.88. The molecule has 1 amide bonds. The average Bonchev–Trinajstić information content (AvgIpc) is 2.24. The highest BCUT2D eigenvalue weighted by atomic mass is 16.6. The predicted molar refractivity (Wildman–Crippen MR) is 45.2 cm³/mol. The number of cyclic esters (lactones) is 1. The average molecular weight is 179 g/mol. The van der Waals surface area contributed by atoms with Gasteiger partial charge in [-0.3, -0.25) is 9.59 Å². The number of dihydropyridines is 1. The molecule has 1 fully saturated rings. The van der Waals surface area contributed by atoms with Crippen LogP contribution in [0.25, 0.3) is 0 Å². The van der Waals surface area contributed by atoms with E-state index in [1.165, 1.54) is 6.21 Å². The molecule has 0 N–H and O–H groups in total. The molecular formula is C9H9NO3. The van der Waals surface area contributed by atoms with Gasteiger partial charge in [0.2, 0.25) is 0 Å². The van der Waals surface area contributed by atoms with Crippen LogP contribution in [0.4, 0.5) is 0 Å². The van der Waals surface area contributed by atoms with Crippen molar-refractivity contribution in [2.45, 2.75) is 19.4 Å². The van der Waals surface area contributed by atoms with Crippen LogP contribution in [0.5, 0.6) is 0 Å². The molecule has 1 saturated heterocycles. The third kappa shape index (κ3) is 1.02. The first kappa shape index (κ1) is 8.16. The summed E-state index contributed by atoms with van der Waals surface area (Å²) in [4.78, 5) is 26.1. The molecule has 0 bridgehead atoms. The predicted octanol–water partition coefficient (Wildman–Crippen LogP) is 0.475. The van der Waals surface area contributed by atoms with Gasteiger partial charge in [-0.05, 0) is 25.5 Å². The molecule has 1 unspecified atom stereocenters. The first-order valence-corrected chi connectivity index (χ1v) is 4.04. The van der Waals surface area contributed by atoms with Crippen molar-refractivity contribution in [3.05, 3.63) is 11.6 Å². The number of hydrogen-bond acceptors (Lipinski definition) is 3. The van der Waals surface area contributed by atoms with Crippen LogP contribution in [0.1, 0.15) is 13.8 Å². The van der Waals surface area contributed by atoms with Crippen molar-refractivity contribution in [1.29, 1.82) is 0 Å². The minimum Gasteiger partial charge on any atom is -0.454 e. The zero-order valence-corrected chi connectivity index (χ0v) is 7.40. The first-order valence-electron chi connectivity index (χ1n) is 4.04. The normalized spacial score (nSPS) is 29.7. The lowest BCUT2D eigenvalue weighted by Crippen LogP contribution is -2.25. The third-order valence-electron chi connectivity index (χ3n) is 2.30. The fourth-order valence-electron chi connectivity index (χ4n) is 1.64. The second kappa shape index (κ2) is 2.28. The van der Waals surface area contributed by atoms with Crippen LogP contribution in [-0.2, 0) is 14.3 Å². The fourth-order valence-corrected chi connectivity index (χ4v) is 1.64.